The SMILES string of the molecule is NCC1CCCN(S(=O)(=O)c2cncc(F)c2)C1. The van der Waals surface area contributed by atoms with Crippen LogP contribution in [0.3, 0.4) is 0 Å². The Bertz CT molecular complexity index is 521. The molecule has 2 rings (SSSR count). The van der Waals surface area contributed by atoms with E-state index >= 15 is 0 Å². The Labute approximate surface area is 106 Å². The van der Waals surface area contributed by atoms with E-state index in [1.807, 2.05) is 0 Å². The summed E-state index contributed by atoms with van der Waals surface area (Å²) in [5, 5.41) is 0. The first-order chi connectivity index (χ1) is 8.54. The van der Waals surface area contributed by atoms with Crippen molar-refractivity contribution in [2.24, 2.45) is 11.7 Å². The largest absolute Gasteiger partial charge is 0.330 e. The van der Waals surface area contributed by atoms with Crippen LogP contribution in [0.15, 0.2) is 23.4 Å². The van der Waals surface area contributed by atoms with Crippen LogP contribution in [0.1, 0.15) is 12.8 Å². The molecule has 2 N–H and O–H groups in total. The van der Waals surface area contributed by atoms with Gasteiger partial charge < -0.3 is 5.73 Å². The van der Waals surface area contributed by atoms with Crippen molar-refractivity contribution in [1.29, 1.82) is 0 Å². The van der Waals surface area contributed by atoms with Gasteiger partial charge in [0, 0.05) is 19.3 Å². The van der Waals surface area contributed by atoms with Crippen LogP contribution in [-0.4, -0.2) is 37.3 Å². The highest BCUT2D eigenvalue weighted by molar-refractivity contribution is 7.89. The van der Waals surface area contributed by atoms with Crippen molar-refractivity contribution in [3.05, 3.63) is 24.3 Å². The Morgan fingerprint density at radius 3 is 2.94 bits per heavy atom. The number of rotatable bonds is 3. The molecule has 100 valence electrons. The lowest BCUT2D eigenvalue weighted by Gasteiger charge is -2.31. The molecule has 0 aliphatic carbocycles. The minimum Gasteiger partial charge on any atom is -0.330 e. The lowest BCUT2D eigenvalue weighted by Crippen LogP contribution is -2.42. The van der Waals surface area contributed by atoms with Gasteiger partial charge in [-0.1, -0.05) is 0 Å². The maximum Gasteiger partial charge on any atom is 0.244 e. The maximum atomic E-state index is 13.0. The molecular formula is C11H16FN3O2S. The topological polar surface area (TPSA) is 76.3 Å². The van der Waals surface area contributed by atoms with E-state index in [4.69, 9.17) is 5.73 Å². The van der Waals surface area contributed by atoms with E-state index in [0.717, 1.165) is 25.1 Å². The maximum absolute atomic E-state index is 13.0. The van der Waals surface area contributed by atoms with E-state index in [2.05, 4.69) is 4.98 Å². The second-order valence-electron chi connectivity index (χ2n) is 4.45. The van der Waals surface area contributed by atoms with Crippen molar-refractivity contribution >= 4 is 10.0 Å². The van der Waals surface area contributed by atoms with E-state index in [0.29, 0.717) is 19.6 Å². The number of aromatic nitrogens is 1. The quantitative estimate of drug-likeness (QED) is 0.874. The predicted octanol–water partition coefficient (Wildman–Crippen LogP) is 0.580. The van der Waals surface area contributed by atoms with Crippen molar-refractivity contribution in [2.45, 2.75) is 17.7 Å². The zero-order valence-electron chi connectivity index (χ0n) is 9.92. The number of nitrogens with zero attached hydrogens (tertiary/aromatic N) is 2. The number of nitrogens with two attached hydrogens (primary N) is 1. The molecule has 0 radical (unpaired) electrons. The standard InChI is InChI=1S/C11H16FN3O2S/c12-10-4-11(7-14-6-10)18(16,17)15-3-1-2-9(5-13)8-15/h4,6-7,9H,1-3,5,8,13H2. The Balaban J connectivity index is 2.25. The normalized spacial score (nSPS) is 22.0. The van der Waals surface area contributed by atoms with Crippen LogP contribution in [0.25, 0.3) is 0 Å². The summed E-state index contributed by atoms with van der Waals surface area (Å²) in [5.41, 5.74) is 5.58. The summed E-state index contributed by atoms with van der Waals surface area (Å²) >= 11 is 0. The summed E-state index contributed by atoms with van der Waals surface area (Å²) in [5.74, 6) is -0.474. The Hall–Kier alpha value is -1.05. The Morgan fingerprint density at radius 1 is 1.50 bits per heavy atom. The smallest absolute Gasteiger partial charge is 0.244 e. The third kappa shape index (κ3) is 2.68. The minimum atomic E-state index is -3.65. The molecule has 0 spiro atoms. The summed E-state index contributed by atoms with van der Waals surface area (Å²) in [6.45, 7) is 1.32. The van der Waals surface area contributed by atoms with E-state index in [9.17, 15) is 12.8 Å². The third-order valence-corrected chi connectivity index (χ3v) is 4.96. The number of hydrogen-bond donors (Lipinski definition) is 1. The number of hydrogen-bond acceptors (Lipinski definition) is 4. The molecule has 1 saturated heterocycles. The highest BCUT2D eigenvalue weighted by atomic mass is 32.2. The molecule has 1 fully saturated rings. The van der Waals surface area contributed by atoms with Gasteiger partial charge in [0.15, 0.2) is 0 Å². The monoisotopic (exact) mass is 273 g/mol. The van der Waals surface area contributed by atoms with Gasteiger partial charge in [0.2, 0.25) is 10.0 Å². The molecule has 2 heterocycles. The van der Waals surface area contributed by atoms with Crippen LogP contribution < -0.4 is 5.73 Å². The van der Waals surface area contributed by atoms with E-state index in [1.54, 1.807) is 0 Å². The molecule has 0 amide bonds. The molecule has 1 aromatic heterocycles. The second-order valence-corrected chi connectivity index (χ2v) is 6.38. The molecule has 18 heavy (non-hydrogen) atoms. The zero-order valence-corrected chi connectivity index (χ0v) is 10.7. The first kappa shape index (κ1) is 13.4. The zero-order chi connectivity index (χ0) is 13.2. The fourth-order valence-corrected chi connectivity index (χ4v) is 3.65. The average Bonchev–Trinajstić information content (AvgIpc) is 2.39. The van der Waals surface area contributed by atoms with Crippen molar-refractivity contribution in [3.8, 4) is 0 Å². The lowest BCUT2D eigenvalue weighted by atomic mass is 10.0. The van der Waals surface area contributed by atoms with Gasteiger partial charge in [-0.05, 0) is 31.4 Å². The van der Waals surface area contributed by atoms with Gasteiger partial charge in [-0.2, -0.15) is 4.31 Å². The van der Waals surface area contributed by atoms with Gasteiger partial charge in [0.25, 0.3) is 0 Å². The van der Waals surface area contributed by atoms with Gasteiger partial charge in [0.1, 0.15) is 10.7 Å². The fraction of sp³-hybridized carbons (Fsp3) is 0.545. The van der Waals surface area contributed by atoms with Crippen LogP contribution in [0.2, 0.25) is 0 Å². The molecule has 0 aromatic carbocycles. The summed E-state index contributed by atoms with van der Waals surface area (Å²) in [4.78, 5) is 3.48. The minimum absolute atomic E-state index is 0.0971. The molecule has 1 aliphatic heterocycles. The van der Waals surface area contributed by atoms with Crippen molar-refractivity contribution in [2.75, 3.05) is 19.6 Å². The molecule has 1 aromatic rings. The number of halogens is 1. The number of piperidine rings is 1. The van der Waals surface area contributed by atoms with Crippen LogP contribution >= 0.6 is 0 Å². The molecule has 1 unspecified atom stereocenters. The summed E-state index contributed by atoms with van der Waals surface area (Å²) in [7, 11) is -3.65. The first-order valence-corrected chi connectivity index (χ1v) is 7.29. The highest BCUT2D eigenvalue weighted by Gasteiger charge is 2.30. The van der Waals surface area contributed by atoms with Crippen LogP contribution in [0.4, 0.5) is 4.39 Å². The molecule has 1 aliphatic rings. The van der Waals surface area contributed by atoms with Crippen LogP contribution in [-0.2, 0) is 10.0 Å². The Kier molecular flexibility index (Phi) is 3.94. The summed E-state index contributed by atoms with van der Waals surface area (Å²) < 4.78 is 39.0. The molecule has 0 saturated carbocycles. The van der Waals surface area contributed by atoms with Gasteiger partial charge in [-0.15, -0.1) is 0 Å². The van der Waals surface area contributed by atoms with E-state index in [-0.39, 0.29) is 10.8 Å². The molecule has 7 heteroatoms. The van der Waals surface area contributed by atoms with Gasteiger partial charge in [-0.3, -0.25) is 4.98 Å². The lowest BCUT2D eigenvalue weighted by molar-refractivity contribution is 0.271. The number of pyridine rings is 1. The molecule has 1 atom stereocenters. The average molecular weight is 273 g/mol. The number of sulfonamides is 1. The van der Waals surface area contributed by atoms with Gasteiger partial charge in [0.05, 0.1) is 6.20 Å². The first-order valence-electron chi connectivity index (χ1n) is 5.85. The van der Waals surface area contributed by atoms with E-state index < -0.39 is 15.8 Å². The van der Waals surface area contributed by atoms with Crippen LogP contribution in [0, 0.1) is 11.7 Å². The van der Waals surface area contributed by atoms with Gasteiger partial charge >= 0.3 is 0 Å². The fourth-order valence-electron chi connectivity index (χ4n) is 2.12. The molecule has 5 nitrogen and oxygen atoms in total. The molecular weight excluding hydrogens is 257 g/mol. The van der Waals surface area contributed by atoms with Crippen molar-refractivity contribution in [1.82, 2.24) is 9.29 Å². The summed E-state index contributed by atoms with van der Waals surface area (Å²) in [6, 6.07) is 0.994. The third-order valence-electron chi connectivity index (χ3n) is 3.13. The van der Waals surface area contributed by atoms with Crippen molar-refractivity contribution < 1.29 is 12.8 Å². The summed E-state index contributed by atoms with van der Waals surface area (Å²) in [6.07, 6.45) is 3.87. The predicted molar refractivity (Wildman–Crippen MR) is 64.7 cm³/mol. The van der Waals surface area contributed by atoms with Gasteiger partial charge in [-0.25, -0.2) is 12.8 Å². The Morgan fingerprint density at radius 2 is 2.28 bits per heavy atom. The van der Waals surface area contributed by atoms with Crippen molar-refractivity contribution in [3.63, 3.8) is 0 Å². The van der Waals surface area contributed by atoms with Crippen LogP contribution in [0.5, 0.6) is 0 Å². The second kappa shape index (κ2) is 5.29. The highest BCUT2D eigenvalue weighted by Crippen LogP contribution is 2.23. The molecule has 0 bridgehead atoms. The van der Waals surface area contributed by atoms with E-state index in [1.165, 1.54) is 10.5 Å².